The van der Waals surface area contributed by atoms with E-state index in [-0.39, 0.29) is 5.91 Å². The zero-order valence-electron chi connectivity index (χ0n) is 15.0. The summed E-state index contributed by atoms with van der Waals surface area (Å²) in [5.74, 6) is 2.26. The van der Waals surface area contributed by atoms with Gasteiger partial charge in [0.1, 0.15) is 0 Å². The van der Waals surface area contributed by atoms with E-state index in [1.165, 1.54) is 17.7 Å². The van der Waals surface area contributed by atoms with Crippen LogP contribution in [-0.2, 0) is 0 Å². The number of amides is 1. The van der Waals surface area contributed by atoms with Gasteiger partial charge in [0.15, 0.2) is 5.82 Å². The van der Waals surface area contributed by atoms with Gasteiger partial charge in [0.2, 0.25) is 0 Å². The van der Waals surface area contributed by atoms with E-state index in [1.54, 1.807) is 11.3 Å². The zero-order valence-corrected chi connectivity index (χ0v) is 15.8. The second-order valence-corrected chi connectivity index (χ2v) is 8.62. The van der Waals surface area contributed by atoms with E-state index in [2.05, 4.69) is 27.0 Å². The van der Waals surface area contributed by atoms with Crippen LogP contribution in [-0.4, -0.2) is 47.2 Å². The number of carbonyl (C=O) groups is 1. The molecule has 0 radical (unpaired) electrons. The average molecular weight is 356 g/mol. The number of nitrogens with zero attached hydrogens (tertiary/aromatic N) is 4. The molecule has 6 heteroatoms. The fourth-order valence-electron chi connectivity index (χ4n) is 4.34. The number of fused-ring (bicyclic) bond motifs is 1. The van der Waals surface area contributed by atoms with Crippen molar-refractivity contribution in [1.29, 1.82) is 0 Å². The summed E-state index contributed by atoms with van der Waals surface area (Å²) in [6.07, 6.45) is 2.35. The topological polar surface area (TPSA) is 49.3 Å². The third kappa shape index (κ3) is 3.03. The molecule has 25 heavy (non-hydrogen) atoms. The fraction of sp³-hybridized carbons (Fsp3) is 0.526. The van der Waals surface area contributed by atoms with Crippen molar-refractivity contribution >= 4 is 23.1 Å². The van der Waals surface area contributed by atoms with Gasteiger partial charge < -0.3 is 9.80 Å². The summed E-state index contributed by atoms with van der Waals surface area (Å²) in [6, 6.07) is 8.48. The molecule has 2 aliphatic rings. The van der Waals surface area contributed by atoms with Crippen molar-refractivity contribution in [2.75, 3.05) is 25.0 Å². The Morgan fingerprint density at radius 2 is 2.00 bits per heavy atom. The Kier molecular flexibility index (Phi) is 4.23. The van der Waals surface area contributed by atoms with E-state index in [4.69, 9.17) is 0 Å². The molecule has 5 nitrogen and oxygen atoms in total. The van der Waals surface area contributed by atoms with Gasteiger partial charge in [-0.25, -0.2) is 0 Å². The van der Waals surface area contributed by atoms with E-state index in [1.807, 2.05) is 38.1 Å². The summed E-state index contributed by atoms with van der Waals surface area (Å²) in [7, 11) is 2.11. The monoisotopic (exact) mass is 356 g/mol. The normalized spacial score (nSPS) is 25.2. The molecule has 1 amide bonds. The minimum atomic E-state index is 0.198. The Bertz CT molecular complexity index is 772. The van der Waals surface area contributed by atoms with E-state index in [0.717, 1.165) is 29.5 Å². The standard InChI is InChI=1S/C19H24N4OS/c1-12-4-9-18(21-20-12)22(3)16-7-6-14-10-23(11-15(14)16)19(24)17-8-5-13(2)25-17/h4-5,8-9,14-16H,6-7,10-11H2,1-3H3/t14-,15+,16-/m1/s1. The molecule has 0 bridgehead atoms. The molecular formula is C19H24N4OS. The maximum absolute atomic E-state index is 12.8. The van der Waals surface area contributed by atoms with E-state index < -0.39 is 0 Å². The first kappa shape index (κ1) is 16.5. The number of carbonyl (C=O) groups excluding carboxylic acids is 1. The SMILES string of the molecule is Cc1ccc(N(C)[C@@H]2CC[C@@H]3CN(C(=O)c4ccc(C)s4)C[C@@H]32)nn1. The first-order valence-corrected chi connectivity index (χ1v) is 9.73. The van der Waals surface area contributed by atoms with Gasteiger partial charge in [0.05, 0.1) is 10.6 Å². The highest BCUT2D eigenvalue weighted by atomic mass is 32.1. The number of rotatable bonds is 3. The van der Waals surface area contributed by atoms with Gasteiger partial charge in [-0.1, -0.05) is 0 Å². The molecule has 132 valence electrons. The Hall–Kier alpha value is -1.95. The molecule has 0 aromatic carbocycles. The van der Waals surface area contributed by atoms with Gasteiger partial charge in [-0.05, 0) is 56.9 Å². The zero-order chi connectivity index (χ0) is 17.6. The Morgan fingerprint density at radius 3 is 2.68 bits per heavy atom. The number of hydrogen-bond acceptors (Lipinski definition) is 5. The van der Waals surface area contributed by atoms with Crippen LogP contribution in [0.5, 0.6) is 0 Å². The lowest BCUT2D eigenvalue weighted by atomic mass is 9.97. The van der Waals surface area contributed by atoms with Crippen LogP contribution in [0.2, 0.25) is 0 Å². The van der Waals surface area contributed by atoms with Crippen LogP contribution in [0.4, 0.5) is 5.82 Å². The summed E-state index contributed by atoms with van der Waals surface area (Å²) < 4.78 is 0. The molecule has 2 aromatic heterocycles. The third-order valence-electron chi connectivity index (χ3n) is 5.70. The third-order valence-corrected chi connectivity index (χ3v) is 6.69. The van der Waals surface area contributed by atoms with Crippen molar-refractivity contribution in [2.45, 2.75) is 32.7 Å². The molecule has 0 unspecified atom stereocenters. The van der Waals surface area contributed by atoms with Crippen molar-refractivity contribution in [3.63, 3.8) is 0 Å². The summed E-state index contributed by atoms with van der Waals surface area (Å²) in [5, 5.41) is 8.53. The summed E-state index contributed by atoms with van der Waals surface area (Å²) >= 11 is 1.60. The molecule has 2 aromatic rings. The minimum Gasteiger partial charge on any atom is -0.355 e. The van der Waals surface area contributed by atoms with Crippen LogP contribution >= 0.6 is 11.3 Å². The molecule has 1 saturated heterocycles. The fourth-order valence-corrected chi connectivity index (χ4v) is 5.17. The number of aryl methyl sites for hydroxylation is 2. The molecule has 3 atom stereocenters. The number of hydrogen-bond donors (Lipinski definition) is 0. The van der Waals surface area contributed by atoms with Gasteiger partial charge >= 0.3 is 0 Å². The van der Waals surface area contributed by atoms with Crippen molar-refractivity contribution in [2.24, 2.45) is 11.8 Å². The molecule has 2 fully saturated rings. The number of likely N-dealkylation sites (tertiary alicyclic amines) is 1. The molecule has 4 rings (SSSR count). The smallest absolute Gasteiger partial charge is 0.263 e. The molecule has 0 spiro atoms. The molecular weight excluding hydrogens is 332 g/mol. The quantitative estimate of drug-likeness (QED) is 0.848. The maximum Gasteiger partial charge on any atom is 0.263 e. The van der Waals surface area contributed by atoms with Crippen molar-refractivity contribution < 1.29 is 4.79 Å². The van der Waals surface area contributed by atoms with Gasteiger partial charge in [-0.15, -0.1) is 16.4 Å². The molecule has 3 heterocycles. The van der Waals surface area contributed by atoms with Crippen LogP contribution in [0, 0.1) is 25.7 Å². The van der Waals surface area contributed by atoms with Crippen LogP contribution in [0.3, 0.4) is 0 Å². The van der Waals surface area contributed by atoms with Crippen LogP contribution in [0.25, 0.3) is 0 Å². The predicted molar refractivity (Wildman–Crippen MR) is 100 cm³/mol. The highest BCUT2D eigenvalue weighted by molar-refractivity contribution is 7.13. The molecule has 1 aliphatic heterocycles. The first-order valence-electron chi connectivity index (χ1n) is 8.92. The van der Waals surface area contributed by atoms with Crippen LogP contribution < -0.4 is 4.90 Å². The first-order chi connectivity index (χ1) is 12.0. The predicted octanol–water partition coefficient (Wildman–Crippen LogP) is 3.14. The van der Waals surface area contributed by atoms with Gasteiger partial charge in [-0.2, -0.15) is 5.10 Å². The molecule has 1 saturated carbocycles. The van der Waals surface area contributed by atoms with Gasteiger partial charge in [0, 0.05) is 37.0 Å². The second kappa shape index (κ2) is 6.41. The largest absolute Gasteiger partial charge is 0.355 e. The lowest BCUT2D eigenvalue weighted by Crippen LogP contribution is -2.39. The summed E-state index contributed by atoms with van der Waals surface area (Å²) in [5.41, 5.74) is 0.935. The van der Waals surface area contributed by atoms with Gasteiger partial charge in [0.25, 0.3) is 5.91 Å². The maximum atomic E-state index is 12.8. The highest BCUT2D eigenvalue weighted by Crippen LogP contribution is 2.41. The van der Waals surface area contributed by atoms with Crippen molar-refractivity contribution in [3.8, 4) is 0 Å². The van der Waals surface area contributed by atoms with E-state index >= 15 is 0 Å². The number of aromatic nitrogens is 2. The van der Waals surface area contributed by atoms with Crippen molar-refractivity contribution in [3.05, 3.63) is 39.7 Å². The summed E-state index contributed by atoms with van der Waals surface area (Å²) in [6.45, 7) is 5.75. The second-order valence-electron chi connectivity index (χ2n) is 7.33. The Labute approximate surface area is 152 Å². The average Bonchev–Trinajstić information content (AvgIpc) is 3.29. The van der Waals surface area contributed by atoms with Crippen LogP contribution in [0.15, 0.2) is 24.3 Å². The van der Waals surface area contributed by atoms with Crippen molar-refractivity contribution in [1.82, 2.24) is 15.1 Å². The Morgan fingerprint density at radius 1 is 1.16 bits per heavy atom. The lowest BCUT2D eigenvalue weighted by molar-refractivity contribution is 0.0784. The van der Waals surface area contributed by atoms with Gasteiger partial charge in [-0.3, -0.25) is 4.79 Å². The van der Waals surface area contributed by atoms with Crippen LogP contribution in [0.1, 0.15) is 33.1 Å². The van der Waals surface area contributed by atoms with E-state index in [0.29, 0.717) is 17.9 Å². The lowest BCUT2D eigenvalue weighted by Gasteiger charge is -2.30. The van der Waals surface area contributed by atoms with E-state index in [9.17, 15) is 4.79 Å². The highest BCUT2D eigenvalue weighted by Gasteiger charge is 2.45. The summed E-state index contributed by atoms with van der Waals surface area (Å²) in [4.78, 5) is 19.2. The Balaban J connectivity index is 1.47. The number of thiophene rings is 1. The molecule has 1 aliphatic carbocycles. The number of anilines is 1. The minimum absolute atomic E-state index is 0.198. The molecule has 0 N–H and O–H groups in total.